The summed E-state index contributed by atoms with van der Waals surface area (Å²) < 4.78 is 0. The number of nitrogens with one attached hydrogen (secondary N) is 2. The number of rotatable bonds is 7. The minimum atomic E-state index is 0.781. The first kappa shape index (κ1) is 21.7. The van der Waals surface area contributed by atoms with Crippen LogP contribution in [0.4, 0.5) is 11.5 Å². The van der Waals surface area contributed by atoms with Crippen LogP contribution in [0.3, 0.4) is 0 Å². The van der Waals surface area contributed by atoms with E-state index in [1.165, 1.54) is 5.69 Å². The molecule has 5 nitrogen and oxygen atoms in total. The molecular formula is C27H31N5. The Labute approximate surface area is 190 Å². The Balaban J connectivity index is 1.56. The average Bonchev–Trinajstić information content (AvgIpc) is 2.82. The normalized spacial score (nSPS) is 14.3. The number of hydrogen-bond donors (Lipinski definition) is 2. The van der Waals surface area contributed by atoms with Gasteiger partial charge in [-0.3, -0.25) is 0 Å². The van der Waals surface area contributed by atoms with Crippen molar-refractivity contribution in [1.29, 1.82) is 0 Å². The van der Waals surface area contributed by atoms with Crippen LogP contribution >= 0.6 is 0 Å². The SMILES string of the molecule is C=C/C(=C\N(C)C)c1ccc2cnc(NC(=C)c3cccc(N4CCNCC4)c3)cc2c1. The topological polar surface area (TPSA) is 43.4 Å². The van der Waals surface area contributed by atoms with Gasteiger partial charge in [-0.25, -0.2) is 4.98 Å². The number of benzene rings is 2. The lowest BCUT2D eigenvalue weighted by atomic mass is 10.0. The second-order valence-corrected chi connectivity index (χ2v) is 8.27. The van der Waals surface area contributed by atoms with Crippen molar-refractivity contribution in [2.45, 2.75) is 0 Å². The molecule has 1 fully saturated rings. The Hall–Kier alpha value is -3.57. The Kier molecular flexibility index (Phi) is 6.57. The first-order valence-corrected chi connectivity index (χ1v) is 11.0. The highest BCUT2D eigenvalue weighted by Gasteiger charge is 2.11. The number of fused-ring (bicyclic) bond motifs is 1. The van der Waals surface area contributed by atoms with Crippen LogP contribution in [-0.2, 0) is 0 Å². The maximum absolute atomic E-state index is 4.59. The summed E-state index contributed by atoms with van der Waals surface area (Å²) >= 11 is 0. The molecule has 2 aromatic carbocycles. The van der Waals surface area contributed by atoms with E-state index in [0.717, 1.165) is 65.2 Å². The largest absolute Gasteiger partial charge is 0.383 e. The molecule has 0 spiro atoms. The van der Waals surface area contributed by atoms with Gasteiger partial charge in [-0.1, -0.05) is 43.5 Å². The minimum Gasteiger partial charge on any atom is -0.383 e. The molecule has 3 aromatic rings. The van der Waals surface area contributed by atoms with E-state index >= 15 is 0 Å². The fourth-order valence-electron chi connectivity index (χ4n) is 3.95. The number of nitrogens with zero attached hydrogens (tertiary/aromatic N) is 3. The molecule has 164 valence electrons. The zero-order valence-corrected chi connectivity index (χ0v) is 18.9. The minimum absolute atomic E-state index is 0.781. The maximum atomic E-state index is 4.59. The summed E-state index contributed by atoms with van der Waals surface area (Å²) in [6.45, 7) is 12.3. The highest BCUT2D eigenvalue weighted by Crippen LogP contribution is 2.26. The lowest BCUT2D eigenvalue weighted by molar-refractivity contribution is 0.566. The molecule has 1 aromatic heterocycles. The quantitative estimate of drug-likeness (QED) is 0.532. The first-order valence-electron chi connectivity index (χ1n) is 11.0. The molecule has 0 atom stereocenters. The van der Waals surface area contributed by atoms with E-state index in [9.17, 15) is 0 Å². The summed E-state index contributed by atoms with van der Waals surface area (Å²) in [5, 5.41) is 9.01. The lowest BCUT2D eigenvalue weighted by Crippen LogP contribution is -2.43. The molecule has 2 N–H and O–H groups in total. The van der Waals surface area contributed by atoms with Crippen molar-refractivity contribution < 1.29 is 0 Å². The van der Waals surface area contributed by atoms with E-state index in [4.69, 9.17) is 0 Å². The van der Waals surface area contributed by atoms with Crippen LogP contribution in [-0.4, -0.2) is 50.2 Å². The fourth-order valence-corrected chi connectivity index (χ4v) is 3.95. The van der Waals surface area contributed by atoms with Crippen LogP contribution in [0, 0.1) is 0 Å². The molecule has 32 heavy (non-hydrogen) atoms. The Morgan fingerprint density at radius 3 is 2.62 bits per heavy atom. The number of hydrogen-bond acceptors (Lipinski definition) is 5. The van der Waals surface area contributed by atoms with Crippen molar-refractivity contribution in [2.24, 2.45) is 0 Å². The van der Waals surface area contributed by atoms with E-state index in [2.05, 4.69) is 88.4 Å². The van der Waals surface area contributed by atoms with Gasteiger partial charge in [-0.15, -0.1) is 0 Å². The smallest absolute Gasteiger partial charge is 0.130 e. The summed E-state index contributed by atoms with van der Waals surface area (Å²) in [5.41, 5.74) is 5.34. The third-order valence-electron chi connectivity index (χ3n) is 5.63. The van der Waals surface area contributed by atoms with Gasteiger partial charge < -0.3 is 20.4 Å². The van der Waals surface area contributed by atoms with E-state index in [0.29, 0.717) is 0 Å². The number of pyridine rings is 1. The first-order chi connectivity index (χ1) is 15.5. The van der Waals surface area contributed by atoms with Crippen molar-refractivity contribution in [2.75, 3.05) is 50.5 Å². The van der Waals surface area contributed by atoms with Gasteiger partial charge in [0.25, 0.3) is 0 Å². The summed E-state index contributed by atoms with van der Waals surface area (Å²) in [6.07, 6.45) is 5.85. The van der Waals surface area contributed by atoms with Gasteiger partial charge >= 0.3 is 0 Å². The molecule has 1 saturated heterocycles. The molecule has 0 radical (unpaired) electrons. The lowest BCUT2D eigenvalue weighted by Gasteiger charge is -2.29. The van der Waals surface area contributed by atoms with Crippen molar-refractivity contribution in [3.63, 3.8) is 0 Å². The van der Waals surface area contributed by atoms with Gasteiger partial charge in [-0.2, -0.15) is 0 Å². The zero-order valence-electron chi connectivity index (χ0n) is 18.9. The third kappa shape index (κ3) is 5.01. The predicted octanol–water partition coefficient (Wildman–Crippen LogP) is 4.82. The second kappa shape index (κ2) is 9.71. The van der Waals surface area contributed by atoms with Crippen molar-refractivity contribution in [3.05, 3.63) is 91.3 Å². The molecule has 2 heterocycles. The van der Waals surface area contributed by atoms with E-state index < -0.39 is 0 Å². The Morgan fingerprint density at radius 2 is 1.88 bits per heavy atom. The average molecular weight is 426 g/mol. The molecule has 4 rings (SSSR count). The Bertz CT molecular complexity index is 1160. The summed E-state index contributed by atoms with van der Waals surface area (Å²) in [7, 11) is 4.03. The number of piperazine rings is 1. The van der Waals surface area contributed by atoms with Gasteiger partial charge in [0.2, 0.25) is 0 Å². The van der Waals surface area contributed by atoms with Crippen molar-refractivity contribution >= 4 is 33.5 Å². The molecular weight excluding hydrogens is 394 g/mol. The highest BCUT2D eigenvalue weighted by molar-refractivity contribution is 5.90. The molecule has 0 saturated carbocycles. The van der Waals surface area contributed by atoms with E-state index in [-0.39, 0.29) is 0 Å². The summed E-state index contributed by atoms with van der Waals surface area (Å²) in [4.78, 5) is 9.03. The van der Waals surface area contributed by atoms with Crippen LogP contribution in [0.5, 0.6) is 0 Å². The van der Waals surface area contributed by atoms with Gasteiger partial charge in [0, 0.05) is 69.4 Å². The van der Waals surface area contributed by atoms with Crippen LogP contribution in [0.2, 0.25) is 0 Å². The third-order valence-corrected chi connectivity index (χ3v) is 5.63. The van der Waals surface area contributed by atoms with Crippen LogP contribution in [0.1, 0.15) is 11.1 Å². The van der Waals surface area contributed by atoms with Gasteiger partial charge in [-0.05, 0) is 46.4 Å². The number of anilines is 2. The number of allylic oxidation sites excluding steroid dienone is 2. The van der Waals surface area contributed by atoms with Crippen LogP contribution in [0.15, 0.2) is 80.2 Å². The van der Waals surface area contributed by atoms with Gasteiger partial charge in [0.15, 0.2) is 0 Å². The van der Waals surface area contributed by atoms with E-state index in [1.54, 1.807) is 0 Å². The molecule has 0 aliphatic carbocycles. The molecule has 0 amide bonds. The Morgan fingerprint density at radius 1 is 1.06 bits per heavy atom. The molecule has 1 aliphatic rings. The van der Waals surface area contributed by atoms with E-state index in [1.807, 2.05) is 31.3 Å². The van der Waals surface area contributed by atoms with Crippen LogP contribution < -0.4 is 15.5 Å². The van der Waals surface area contributed by atoms with Gasteiger partial charge in [0.05, 0.1) is 0 Å². The van der Waals surface area contributed by atoms with Crippen LogP contribution in [0.25, 0.3) is 22.0 Å². The monoisotopic (exact) mass is 425 g/mol. The second-order valence-electron chi connectivity index (χ2n) is 8.27. The van der Waals surface area contributed by atoms with Gasteiger partial charge in [0.1, 0.15) is 5.82 Å². The zero-order chi connectivity index (χ0) is 22.5. The maximum Gasteiger partial charge on any atom is 0.130 e. The summed E-state index contributed by atoms with van der Waals surface area (Å²) in [6, 6.07) is 17.0. The number of aromatic nitrogens is 1. The molecule has 0 unspecified atom stereocenters. The highest BCUT2D eigenvalue weighted by atomic mass is 15.2. The predicted molar refractivity (Wildman–Crippen MR) is 138 cm³/mol. The summed E-state index contributed by atoms with van der Waals surface area (Å²) in [5.74, 6) is 0.781. The fraction of sp³-hybridized carbons (Fsp3) is 0.222. The van der Waals surface area contributed by atoms with Crippen molar-refractivity contribution in [1.82, 2.24) is 15.2 Å². The molecule has 0 bridgehead atoms. The molecule has 1 aliphatic heterocycles. The molecule has 5 heteroatoms. The van der Waals surface area contributed by atoms with Crippen molar-refractivity contribution in [3.8, 4) is 0 Å². The standard InChI is InChI=1S/C27H31N5/c1-5-21(19-31(3)4)23-9-10-24-18-29-27(17-25(24)15-23)30-20(2)22-7-6-8-26(16-22)32-13-11-28-12-14-32/h5-10,15-19,28H,1-2,11-14H2,3-4H3,(H,29,30)/b21-19+.